The SMILES string of the molecule is Cc1cccc(NC(=O)/C(C#N)=C/c2ccc(-c3ccc(C(=O)O)cc3)o2)c1C. The molecule has 29 heavy (non-hydrogen) atoms. The highest BCUT2D eigenvalue weighted by Gasteiger charge is 2.13. The van der Waals surface area contributed by atoms with Gasteiger partial charge in [-0.25, -0.2) is 4.79 Å². The van der Waals surface area contributed by atoms with Crippen LogP contribution in [0.15, 0.2) is 64.6 Å². The standard InChI is InChI=1S/C23H18N2O4/c1-14-4-3-5-20(15(14)2)25-22(26)18(13-24)12-19-10-11-21(29-19)16-6-8-17(9-7-16)23(27)28/h3-12H,1-2H3,(H,25,26)(H,27,28)/b18-12+. The number of carboxylic acids is 1. The van der Waals surface area contributed by atoms with Gasteiger partial charge in [0.15, 0.2) is 0 Å². The van der Waals surface area contributed by atoms with Crippen LogP contribution in [0.2, 0.25) is 0 Å². The van der Waals surface area contributed by atoms with E-state index in [9.17, 15) is 14.9 Å². The van der Waals surface area contributed by atoms with E-state index in [1.165, 1.54) is 18.2 Å². The quantitative estimate of drug-likeness (QED) is 0.484. The molecule has 0 fully saturated rings. The number of hydrogen-bond acceptors (Lipinski definition) is 4. The van der Waals surface area contributed by atoms with E-state index in [2.05, 4.69) is 5.32 Å². The first-order valence-electron chi connectivity index (χ1n) is 8.82. The summed E-state index contributed by atoms with van der Waals surface area (Å²) in [6, 6.07) is 17.0. The summed E-state index contributed by atoms with van der Waals surface area (Å²) in [5.74, 6) is -0.687. The number of carbonyl (C=O) groups excluding carboxylic acids is 1. The lowest BCUT2D eigenvalue weighted by Crippen LogP contribution is -2.14. The molecule has 1 aromatic heterocycles. The van der Waals surface area contributed by atoms with E-state index < -0.39 is 11.9 Å². The fraction of sp³-hybridized carbons (Fsp3) is 0.0870. The summed E-state index contributed by atoms with van der Waals surface area (Å²) in [6.45, 7) is 3.84. The Balaban J connectivity index is 1.81. The van der Waals surface area contributed by atoms with Gasteiger partial charge in [-0.1, -0.05) is 24.3 Å². The van der Waals surface area contributed by atoms with Crippen LogP contribution in [0.1, 0.15) is 27.2 Å². The van der Waals surface area contributed by atoms with Crippen LogP contribution in [-0.4, -0.2) is 17.0 Å². The molecule has 0 atom stereocenters. The summed E-state index contributed by atoms with van der Waals surface area (Å²) in [6.07, 6.45) is 1.37. The van der Waals surface area contributed by atoms with Gasteiger partial charge in [-0.2, -0.15) is 5.26 Å². The van der Waals surface area contributed by atoms with Crippen LogP contribution < -0.4 is 5.32 Å². The zero-order valence-electron chi connectivity index (χ0n) is 15.9. The Bertz CT molecular complexity index is 1150. The topological polar surface area (TPSA) is 103 Å². The lowest BCUT2D eigenvalue weighted by molar-refractivity contribution is -0.112. The summed E-state index contributed by atoms with van der Waals surface area (Å²) in [5.41, 5.74) is 3.39. The molecule has 1 heterocycles. The molecule has 0 radical (unpaired) electrons. The lowest BCUT2D eigenvalue weighted by atomic mass is 10.1. The van der Waals surface area contributed by atoms with E-state index in [0.29, 0.717) is 22.8 Å². The number of nitriles is 1. The average Bonchev–Trinajstić information content (AvgIpc) is 3.18. The maximum absolute atomic E-state index is 12.5. The first-order valence-corrected chi connectivity index (χ1v) is 8.82. The molecule has 2 aromatic carbocycles. The van der Waals surface area contributed by atoms with Crippen molar-refractivity contribution in [3.05, 3.63) is 82.6 Å². The first kappa shape index (κ1) is 19.6. The van der Waals surface area contributed by atoms with Gasteiger partial charge >= 0.3 is 5.97 Å². The maximum Gasteiger partial charge on any atom is 0.335 e. The Morgan fingerprint density at radius 3 is 2.45 bits per heavy atom. The van der Waals surface area contributed by atoms with Crippen molar-refractivity contribution in [1.82, 2.24) is 0 Å². The monoisotopic (exact) mass is 386 g/mol. The number of amides is 1. The van der Waals surface area contributed by atoms with Crippen LogP contribution in [0, 0.1) is 25.2 Å². The third-order valence-electron chi connectivity index (χ3n) is 4.55. The van der Waals surface area contributed by atoms with Crippen LogP contribution in [0.5, 0.6) is 0 Å². The number of nitrogens with zero attached hydrogens (tertiary/aromatic N) is 1. The summed E-state index contributed by atoms with van der Waals surface area (Å²) in [4.78, 5) is 23.4. The molecule has 0 spiro atoms. The molecule has 0 saturated heterocycles. The molecule has 6 nitrogen and oxygen atoms in total. The maximum atomic E-state index is 12.5. The minimum Gasteiger partial charge on any atom is -0.478 e. The van der Waals surface area contributed by atoms with Gasteiger partial charge in [0.05, 0.1) is 5.56 Å². The second kappa shape index (κ2) is 8.28. The summed E-state index contributed by atoms with van der Waals surface area (Å²) in [7, 11) is 0. The van der Waals surface area contributed by atoms with E-state index >= 15 is 0 Å². The highest BCUT2D eigenvalue weighted by molar-refractivity contribution is 6.09. The van der Waals surface area contributed by atoms with Crippen molar-refractivity contribution in [3.8, 4) is 17.4 Å². The highest BCUT2D eigenvalue weighted by atomic mass is 16.4. The van der Waals surface area contributed by atoms with Crippen molar-refractivity contribution in [3.63, 3.8) is 0 Å². The van der Waals surface area contributed by atoms with Crippen molar-refractivity contribution in [1.29, 1.82) is 5.26 Å². The molecule has 3 rings (SSSR count). The molecule has 0 unspecified atom stereocenters. The number of furan rings is 1. The van der Waals surface area contributed by atoms with Gasteiger partial charge in [-0.05, 0) is 55.3 Å². The van der Waals surface area contributed by atoms with Gasteiger partial charge in [0.1, 0.15) is 23.2 Å². The third-order valence-corrected chi connectivity index (χ3v) is 4.55. The van der Waals surface area contributed by atoms with Crippen molar-refractivity contribution in [2.75, 3.05) is 5.32 Å². The second-order valence-electron chi connectivity index (χ2n) is 6.46. The van der Waals surface area contributed by atoms with Gasteiger partial charge in [0, 0.05) is 17.3 Å². The van der Waals surface area contributed by atoms with Crippen molar-refractivity contribution >= 4 is 23.6 Å². The normalized spacial score (nSPS) is 11.0. The molecule has 0 aliphatic rings. The van der Waals surface area contributed by atoms with Crippen LogP contribution >= 0.6 is 0 Å². The van der Waals surface area contributed by atoms with Crippen molar-refractivity contribution in [2.24, 2.45) is 0 Å². The minimum absolute atomic E-state index is 0.0898. The van der Waals surface area contributed by atoms with Gasteiger partial charge in [-0.3, -0.25) is 4.79 Å². The molecule has 0 aliphatic heterocycles. The van der Waals surface area contributed by atoms with Crippen molar-refractivity contribution < 1.29 is 19.1 Å². The summed E-state index contributed by atoms with van der Waals surface area (Å²) < 4.78 is 5.69. The van der Waals surface area contributed by atoms with Crippen LogP contribution in [-0.2, 0) is 4.79 Å². The molecule has 0 aliphatic carbocycles. The van der Waals surface area contributed by atoms with E-state index in [4.69, 9.17) is 9.52 Å². The Kier molecular flexibility index (Phi) is 5.61. The van der Waals surface area contributed by atoms with Crippen LogP contribution in [0.4, 0.5) is 5.69 Å². The Morgan fingerprint density at radius 2 is 1.79 bits per heavy atom. The number of anilines is 1. The summed E-state index contributed by atoms with van der Waals surface area (Å²) >= 11 is 0. The molecule has 0 saturated carbocycles. The van der Waals surface area contributed by atoms with Gasteiger partial charge in [0.2, 0.25) is 0 Å². The summed E-state index contributed by atoms with van der Waals surface area (Å²) in [5, 5.41) is 21.1. The number of aromatic carboxylic acids is 1. The fourth-order valence-corrected chi connectivity index (χ4v) is 2.73. The number of aryl methyl sites for hydroxylation is 1. The molecule has 144 valence electrons. The Hall–Kier alpha value is -4.11. The van der Waals surface area contributed by atoms with Gasteiger partial charge < -0.3 is 14.8 Å². The average molecular weight is 386 g/mol. The second-order valence-corrected chi connectivity index (χ2v) is 6.46. The van der Waals surface area contributed by atoms with Gasteiger partial charge in [0.25, 0.3) is 5.91 Å². The van der Waals surface area contributed by atoms with Crippen LogP contribution in [0.3, 0.4) is 0 Å². The molecular weight excluding hydrogens is 368 g/mol. The predicted octanol–water partition coefficient (Wildman–Crippen LogP) is 4.81. The third kappa shape index (κ3) is 4.42. The predicted molar refractivity (Wildman–Crippen MR) is 109 cm³/mol. The van der Waals surface area contributed by atoms with Crippen LogP contribution in [0.25, 0.3) is 17.4 Å². The number of rotatable bonds is 5. The Morgan fingerprint density at radius 1 is 1.07 bits per heavy atom. The Labute approximate surface area is 167 Å². The zero-order chi connectivity index (χ0) is 21.0. The number of nitrogens with one attached hydrogen (secondary N) is 1. The van der Waals surface area contributed by atoms with E-state index in [0.717, 1.165) is 11.1 Å². The lowest BCUT2D eigenvalue weighted by Gasteiger charge is -2.09. The zero-order valence-corrected chi connectivity index (χ0v) is 15.9. The van der Waals surface area contributed by atoms with E-state index in [1.807, 2.05) is 32.0 Å². The molecule has 3 aromatic rings. The number of carboxylic acid groups (broad SMARTS) is 1. The van der Waals surface area contributed by atoms with Gasteiger partial charge in [-0.15, -0.1) is 0 Å². The van der Waals surface area contributed by atoms with E-state index in [1.54, 1.807) is 30.3 Å². The molecule has 2 N–H and O–H groups in total. The van der Waals surface area contributed by atoms with Crippen molar-refractivity contribution in [2.45, 2.75) is 13.8 Å². The largest absolute Gasteiger partial charge is 0.478 e. The number of hydrogen-bond donors (Lipinski definition) is 2. The molecule has 0 bridgehead atoms. The number of carbonyl (C=O) groups is 2. The smallest absolute Gasteiger partial charge is 0.335 e. The minimum atomic E-state index is -1.01. The molecule has 6 heteroatoms. The molecule has 1 amide bonds. The molecular formula is C23H18N2O4. The van der Waals surface area contributed by atoms with E-state index in [-0.39, 0.29) is 11.1 Å². The first-order chi connectivity index (χ1) is 13.9. The highest BCUT2D eigenvalue weighted by Crippen LogP contribution is 2.24. The number of benzene rings is 2. The fourth-order valence-electron chi connectivity index (χ4n) is 2.73.